The Balaban J connectivity index is 2.46. The molecule has 0 saturated carbocycles. The normalized spacial score (nSPS) is 10.4. The lowest BCUT2D eigenvalue weighted by Gasteiger charge is -2.02. The number of aromatic nitrogens is 2. The van der Waals surface area contributed by atoms with Gasteiger partial charge in [0, 0.05) is 0 Å². The highest BCUT2D eigenvalue weighted by molar-refractivity contribution is 5.50. The van der Waals surface area contributed by atoms with E-state index >= 15 is 0 Å². The largest absolute Gasteiger partial charge is 0.461 e. The fourth-order valence-corrected chi connectivity index (χ4v) is 1.23. The van der Waals surface area contributed by atoms with Crippen molar-refractivity contribution in [3.63, 3.8) is 0 Å². The van der Waals surface area contributed by atoms with Crippen LogP contribution in [0.4, 0.5) is 5.69 Å². The van der Waals surface area contributed by atoms with Crippen LogP contribution in [0.2, 0.25) is 0 Å². The minimum atomic E-state index is 0.584. The van der Waals surface area contributed by atoms with E-state index in [1.54, 1.807) is 18.5 Å². The second kappa shape index (κ2) is 3.49. The van der Waals surface area contributed by atoms with Crippen LogP contribution in [-0.4, -0.2) is 9.97 Å². The standard InChI is InChI=1S/C10H11N3O/c1-2-8-7(11)6-12-10(13-8)9-4-3-5-14-9/h3-6H,2,11H2,1H3. The maximum Gasteiger partial charge on any atom is 0.195 e. The Hall–Kier alpha value is -1.84. The molecule has 72 valence electrons. The number of nitrogens with zero attached hydrogens (tertiary/aromatic N) is 2. The third-order valence-corrected chi connectivity index (χ3v) is 1.98. The van der Waals surface area contributed by atoms with Gasteiger partial charge < -0.3 is 10.2 Å². The lowest BCUT2D eigenvalue weighted by molar-refractivity contribution is 0.577. The molecule has 0 atom stereocenters. The summed E-state index contributed by atoms with van der Waals surface area (Å²) >= 11 is 0. The second-order valence-electron chi connectivity index (χ2n) is 2.93. The molecule has 14 heavy (non-hydrogen) atoms. The third kappa shape index (κ3) is 1.46. The van der Waals surface area contributed by atoms with Gasteiger partial charge in [-0.1, -0.05) is 6.92 Å². The van der Waals surface area contributed by atoms with Gasteiger partial charge in [0.2, 0.25) is 0 Å². The number of anilines is 1. The van der Waals surface area contributed by atoms with Crippen molar-refractivity contribution in [2.24, 2.45) is 0 Å². The molecule has 4 nitrogen and oxygen atoms in total. The fourth-order valence-electron chi connectivity index (χ4n) is 1.23. The van der Waals surface area contributed by atoms with Crippen molar-refractivity contribution >= 4 is 5.69 Å². The molecule has 0 fully saturated rings. The maximum absolute atomic E-state index is 5.70. The first-order chi connectivity index (χ1) is 6.81. The number of rotatable bonds is 2. The van der Waals surface area contributed by atoms with Crippen molar-refractivity contribution in [3.8, 4) is 11.6 Å². The van der Waals surface area contributed by atoms with Crippen molar-refractivity contribution < 1.29 is 4.42 Å². The first-order valence-corrected chi connectivity index (χ1v) is 4.46. The van der Waals surface area contributed by atoms with Crippen LogP contribution in [0.25, 0.3) is 11.6 Å². The van der Waals surface area contributed by atoms with E-state index in [1.165, 1.54) is 0 Å². The summed E-state index contributed by atoms with van der Waals surface area (Å²) in [6.45, 7) is 2.00. The summed E-state index contributed by atoms with van der Waals surface area (Å²) in [5, 5.41) is 0. The van der Waals surface area contributed by atoms with E-state index < -0.39 is 0 Å². The topological polar surface area (TPSA) is 64.9 Å². The molecule has 0 saturated heterocycles. The molecule has 0 aliphatic rings. The molecule has 0 aromatic carbocycles. The predicted octanol–water partition coefficient (Wildman–Crippen LogP) is 1.88. The van der Waals surface area contributed by atoms with Crippen molar-refractivity contribution in [1.29, 1.82) is 0 Å². The molecule has 2 heterocycles. The van der Waals surface area contributed by atoms with Crippen LogP contribution >= 0.6 is 0 Å². The summed E-state index contributed by atoms with van der Waals surface area (Å²) in [5.74, 6) is 1.25. The minimum Gasteiger partial charge on any atom is -0.461 e. The molecule has 0 amide bonds. The highest BCUT2D eigenvalue weighted by atomic mass is 16.3. The Bertz CT molecular complexity index is 423. The molecule has 2 rings (SSSR count). The van der Waals surface area contributed by atoms with E-state index in [0.29, 0.717) is 17.3 Å². The van der Waals surface area contributed by atoms with Crippen LogP contribution in [0.15, 0.2) is 29.0 Å². The molecule has 2 N–H and O–H groups in total. The number of nitrogens with two attached hydrogens (primary N) is 1. The van der Waals surface area contributed by atoms with Gasteiger partial charge in [-0.2, -0.15) is 0 Å². The first-order valence-electron chi connectivity index (χ1n) is 4.46. The van der Waals surface area contributed by atoms with Gasteiger partial charge in [-0.05, 0) is 18.6 Å². The molecule has 0 aliphatic heterocycles. The van der Waals surface area contributed by atoms with E-state index in [-0.39, 0.29) is 0 Å². The van der Waals surface area contributed by atoms with Crippen LogP contribution in [-0.2, 0) is 6.42 Å². The van der Waals surface area contributed by atoms with Crippen LogP contribution in [0.3, 0.4) is 0 Å². The summed E-state index contributed by atoms with van der Waals surface area (Å²) in [4.78, 5) is 8.40. The highest BCUT2D eigenvalue weighted by Gasteiger charge is 2.06. The fraction of sp³-hybridized carbons (Fsp3) is 0.200. The Morgan fingerprint density at radius 2 is 2.36 bits per heavy atom. The Morgan fingerprint density at radius 3 is 3.00 bits per heavy atom. The van der Waals surface area contributed by atoms with Gasteiger partial charge >= 0.3 is 0 Å². The van der Waals surface area contributed by atoms with Gasteiger partial charge in [-0.15, -0.1) is 0 Å². The summed E-state index contributed by atoms with van der Waals surface area (Å²) in [5.41, 5.74) is 7.18. The zero-order chi connectivity index (χ0) is 9.97. The van der Waals surface area contributed by atoms with Gasteiger partial charge in [-0.3, -0.25) is 0 Å². The van der Waals surface area contributed by atoms with E-state index in [4.69, 9.17) is 10.2 Å². The number of nitrogen functional groups attached to an aromatic ring is 1. The Morgan fingerprint density at radius 1 is 1.50 bits per heavy atom. The van der Waals surface area contributed by atoms with Gasteiger partial charge in [0.15, 0.2) is 11.6 Å². The molecular formula is C10H11N3O. The predicted molar refractivity (Wildman–Crippen MR) is 53.5 cm³/mol. The third-order valence-electron chi connectivity index (χ3n) is 1.98. The smallest absolute Gasteiger partial charge is 0.195 e. The van der Waals surface area contributed by atoms with Gasteiger partial charge in [0.05, 0.1) is 23.8 Å². The molecule has 0 unspecified atom stereocenters. The number of aryl methyl sites for hydroxylation is 1. The average molecular weight is 189 g/mol. The molecule has 4 heteroatoms. The maximum atomic E-state index is 5.70. The van der Waals surface area contributed by atoms with E-state index in [2.05, 4.69) is 9.97 Å². The van der Waals surface area contributed by atoms with E-state index in [0.717, 1.165) is 12.1 Å². The quantitative estimate of drug-likeness (QED) is 0.783. The van der Waals surface area contributed by atoms with Gasteiger partial charge in [0.25, 0.3) is 0 Å². The van der Waals surface area contributed by atoms with Crippen molar-refractivity contribution in [3.05, 3.63) is 30.3 Å². The molecule has 2 aromatic rings. The highest BCUT2D eigenvalue weighted by Crippen LogP contribution is 2.17. The molecular weight excluding hydrogens is 178 g/mol. The molecule has 0 bridgehead atoms. The second-order valence-corrected chi connectivity index (χ2v) is 2.93. The Kier molecular flexibility index (Phi) is 2.18. The summed E-state index contributed by atoms with van der Waals surface area (Å²) in [7, 11) is 0. The zero-order valence-corrected chi connectivity index (χ0v) is 7.90. The molecule has 0 aliphatic carbocycles. The number of furan rings is 1. The van der Waals surface area contributed by atoms with Crippen molar-refractivity contribution in [1.82, 2.24) is 9.97 Å². The summed E-state index contributed by atoms with van der Waals surface area (Å²) in [6, 6.07) is 3.63. The Labute approximate surface area is 81.8 Å². The number of hydrogen-bond donors (Lipinski definition) is 1. The van der Waals surface area contributed by atoms with E-state index in [1.807, 2.05) is 13.0 Å². The zero-order valence-electron chi connectivity index (χ0n) is 7.90. The molecule has 0 spiro atoms. The average Bonchev–Trinajstić information content (AvgIpc) is 2.71. The van der Waals surface area contributed by atoms with Crippen LogP contribution in [0.1, 0.15) is 12.6 Å². The lowest BCUT2D eigenvalue weighted by Crippen LogP contribution is -1.99. The first kappa shape index (κ1) is 8.74. The van der Waals surface area contributed by atoms with Crippen LogP contribution in [0, 0.1) is 0 Å². The summed E-state index contributed by atoms with van der Waals surface area (Å²) < 4.78 is 5.19. The van der Waals surface area contributed by atoms with Crippen LogP contribution < -0.4 is 5.73 Å². The summed E-state index contributed by atoms with van der Waals surface area (Å²) in [6.07, 6.45) is 4.01. The van der Waals surface area contributed by atoms with Crippen molar-refractivity contribution in [2.45, 2.75) is 13.3 Å². The van der Waals surface area contributed by atoms with Crippen molar-refractivity contribution in [2.75, 3.05) is 5.73 Å². The van der Waals surface area contributed by atoms with Crippen LogP contribution in [0.5, 0.6) is 0 Å². The van der Waals surface area contributed by atoms with Gasteiger partial charge in [0.1, 0.15) is 0 Å². The van der Waals surface area contributed by atoms with Gasteiger partial charge in [-0.25, -0.2) is 9.97 Å². The molecule has 0 radical (unpaired) electrons. The molecule has 2 aromatic heterocycles. The lowest BCUT2D eigenvalue weighted by atomic mass is 10.3. The monoisotopic (exact) mass is 189 g/mol. The SMILES string of the molecule is CCc1nc(-c2ccco2)ncc1N. The minimum absolute atomic E-state index is 0.584. The number of hydrogen-bond acceptors (Lipinski definition) is 4. The van der Waals surface area contributed by atoms with E-state index in [9.17, 15) is 0 Å².